The summed E-state index contributed by atoms with van der Waals surface area (Å²) >= 11 is 0. The third-order valence-electron chi connectivity index (χ3n) is 4.89. The molecule has 9 nitrogen and oxygen atoms in total. The lowest BCUT2D eigenvalue weighted by Crippen LogP contribution is -2.36. The number of benzene rings is 1. The highest BCUT2D eigenvalue weighted by molar-refractivity contribution is 5.93. The van der Waals surface area contributed by atoms with Gasteiger partial charge in [-0.2, -0.15) is 0 Å². The molecule has 2 aromatic heterocycles. The van der Waals surface area contributed by atoms with Crippen LogP contribution in [0.1, 0.15) is 0 Å². The molecule has 3 rings (SSSR count). The van der Waals surface area contributed by atoms with E-state index < -0.39 is 0 Å². The van der Waals surface area contributed by atoms with E-state index in [0.29, 0.717) is 23.1 Å². The number of nitrogens with zero attached hydrogens (tertiary/aromatic N) is 4. The molecule has 0 radical (unpaired) electrons. The highest BCUT2D eigenvalue weighted by atomic mass is 16.7. The van der Waals surface area contributed by atoms with Crippen LogP contribution in [0.25, 0.3) is 22.2 Å². The largest absolute Gasteiger partial charge is 0.370 e. The molecule has 0 fully saturated rings. The van der Waals surface area contributed by atoms with E-state index in [0.717, 1.165) is 15.2 Å². The molecule has 0 bridgehead atoms. The van der Waals surface area contributed by atoms with Gasteiger partial charge >= 0.3 is 5.69 Å². The van der Waals surface area contributed by atoms with Crippen LogP contribution in [-0.2, 0) is 35.0 Å². The summed E-state index contributed by atoms with van der Waals surface area (Å²) in [6.07, 6.45) is 1.77. The van der Waals surface area contributed by atoms with Crippen molar-refractivity contribution in [1.82, 2.24) is 18.8 Å². The van der Waals surface area contributed by atoms with Crippen LogP contribution in [-0.4, -0.2) is 52.0 Å². The van der Waals surface area contributed by atoms with Crippen LogP contribution in [0.2, 0.25) is 0 Å². The van der Waals surface area contributed by atoms with Gasteiger partial charge in [-0.05, 0) is 5.56 Å². The van der Waals surface area contributed by atoms with E-state index in [4.69, 9.17) is 9.57 Å². The van der Waals surface area contributed by atoms with Crippen LogP contribution in [0.15, 0.2) is 46.1 Å². The summed E-state index contributed by atoms with van der Waals surface area (Å²) in [7, 11) is 6.02. The third-order valence-corrected chi connectivity index (χ3v) is 4.89. The van der Waals surface area contributed by atoms with Gasteiger partial charge in [-0.25, -0.2) is 9.86 Å². The third kappa shape index (κ3) is 3.87. The quantitative estimate of drug-likeness (QED) is 0.431. The van der Waals surface area contributed by atoms with Gasteiger partial charge in [-0.15, -0.1) is 0 Å². The van der Waals surface area contributed by atoms with Crippen molar-refractivity contribution in [1.29, 1.82) is 0 Å². The standard InChI is InChI=1S/C20H24N4O5/c1-21-15-12-24(10-11-29-13-16(25)23(3)28-4)18(14-8-6-5-7-9-14)17(15)19(26)22(2)20(21)27/h5-9,12H,10-11,13H2,1-4H3. The van der Waals surface area contributed by atoms with Gasteiger partial charge in [0.25, 0.3) is 11.5 Å². The summed E-state index contributed by atoms with van der Waals surface area (Å²) in [5, 5.41) is 1.56. The molecular formula is C20H24N4O5. The van der Waals surface area contributed by atoms with E-state index in [1.807, 2.05) is 34.9 Å². The number of rotatable bonds is 7. The first kappa shape index (κ1) is 20.6. The van der Waals surface area contributed by atoms with E-state index in [1.165, 1.54) is 25.8 Å². The Bertz CT molecular complexity index is 1140. The number of carbonyl (C=O) groups is 1. The maximum atomic E-state index is 12.9. The molecule has 0 saturated heterocycles. The number of fused-ring (bicyclic) bond motifs is 1. The molecule has 1 amide bonds. The summed E-state index contributed by atoms with van der Waals surface area (Å²) in [5.41, 5.74) is 1.38. The molecule has 0 aliphatic carbocycles. The number of amides is 1. The molecule has 9 heteroatoms. The first-order valence-electron chi connectivity index (χ1n) is 9.09. The fraction of sp³-hybridized carbons (Fsp3) is 0.350. The van der Waals surface area contributed by atoms with E-state index in [1.54, 1.807) is 13.2 Å². The second kappa shape index (κ2) is 8.46. The molecule has 0 N–H and O–H groups in total. The van der Waals surface area contributed by atoms with Crippen molar-refractivity contribution in [2.24, 2.45) is 14.1 Å². The highest BCUT2D eigenvalue weighted by Gasteiger charge is 2.19. The van der Waals surface area contributed by atoms with Crippen molar-refractivity contribution in [3.8, 4) is 11.3 Å². The maximum absolute atomic E-state index is 12.9. The molecule has 29 heavy (non-hydrogen) atoms. The molecule has 0 saturated carbocycles. The summed E-state index contributed by atoms with van der Waals surface area (Å²) in [5.74, 6) is -0.301. The molecule has 1 aromatic carbocycles. The lowest BCUT2D eigenvalue weighted by Gasteiger charge is -2.14. The van der Waals surface area contributed by atoms with Gasteiger partial charge in [0.05, 0.1) is 30.3 Å². The fourth-order valence-corrected chi connectivity index (χ4v) is 3.19. The second-order valence-electron chi connectivity index (χ2n) is 6.63. The van der Waals surface area contributed by atoms with E-state index in [2.05, 4.69) is 0 Å². The number of hydrogen-bond donors (Lipinski definition) is 0. The van der Waals surface area contributed by atoms with Crippen molar-refractivity contribution in [3.05, 3.63) is 57.4 Å². The monoisotopic (exact) mass is 400 g/mol. The molecule has 0 aliphatic rings. The Balaban J connectivity index is 2.00. The average molecular weight is 400 g/mol. The molecular weight excluding hydrogens is 376 g/mol. The van der Waals surface area contributed by atoms with E-state index >= 15 is 0 Å². The number of likely N-dealkylation sites (N-methyl/N-ethyl adjacent to an activating group) is 1. The number of hydrogen-bond acceptors (Lipinski definition) is 5. The predicted molar refractivity (Wildman–Crippen MR) is 108 cm³/mol. The van der Waals surface area contributed by atoms with Gasteiger partial charge < -0.3 is 9.30 Å². The molecule has 0 atom stereocenters. The minimum atomic E-state index is -0.385. The van der Waals surface area contributed by atoms with Gasteiger partial charge in [0.15, 0.2) is 0 Å². The summed E-state index contributed by atoms with van der Waals surface area (Å²) in [6.45, 7) is 0.532. The fourth-order valence-electron chi connectivity index (χ4n) is 3.19. The van der Waals surface area contributed by atoms with Crippen LogP contribution in [0, 0.1) is 0 Å². The van der Waals surface area contributed by atoms with Crippen molar-refractivity contribution < 1.29 is 14.4 Å². The van der Waals surface area contributed by atoms with Crippen LogP contribution in [0.3, 0.4) is 0 Å². The number of carbonyl (C=O) groups excluding carboxylic acids is 1. The zero-order valence-corrected chi connectivity index (χ0v) is 16.9. The van der Waals surface area contributed by atoms with Gasteiger partial charge in [0.1, 0.15) is 6.61 Å². The van der Waals surface area contributed by atoms with E-state index in [9.17, 15) is 14.4 Å². The number of hydroxylamine groups is 2. The van der Waals surface area contributed by atoms with Gasteiger partial charge in [-0.3, -0.25) is 23.6 Å². The summed E-state index contributed by atoms with van der Waals surface area (Å²) in [4.78, 5) is 41.8. The minimum absolute atomic E-state index is 0.119. The lowest BCUT2D eigenvalue weighted by molar-refractivity contribution is -0.173. The Morgan fingerprint density at radius 1 is 1.10 bits per heavy atom. The smallest absolute Gasteiger partial charge is 0.330 e. The van der Waals surface area contributed by atoms with Crippen LogP contribution in [0.4, 0.5) is 0 Å². The first-order valence-corrected chi connectivity index (χ1v) is 9.09. The Morgan fingerprint density at radius 3 is 2.45 bits per heavy atom. The molecule has 154 valence electrons. The molecule has 3 aromatic rings. The van der Waals surface area contributed by atoms with Crippen molar-refractivity contribution in [3.63, 3.8) is 0 Å². The Hall–Kier alpha value is -3.17. The van der Waals surface area contributed by atoms with Crippen LogP contribution >= 0.6 is 0 Å². The Labute approximate surface area is 167 Å². The zero-order chi connectivity index (χ0) is 21.1. The number of aromatic nitrogens is 3. The summed E-state index contributed by atoms with van der Waals surface area (Å²) in [6, 6.07) is 9.50. The van der Waals surface area contributed by atoms with Crippen molar-refractivity contribution in [2.45, 2.75) is 6.54 Å². The van der Waals surface area contributed by atoms with E-state index in [-0.39, 0.29) is 30.4 Å². The molecule has 0 aliphatic heterocycles. The van der Waals surface area contributed by atoms with Crippen LogP contribution < -0.4 is 11.2 Å². The Morgan fingerprint density at radius 2 is 1.79 bits per heavy atom. The van der Waals surface area contributed by atoms with Crippen molar-refractivity contribution >= 4 is 16.8 Å². The second-order valence-corrected chi connectivity index (χ2v) is 6.63. The van der Waals surface area contributed by atoms with Gasteiger partial charge in [-0.1, -0.05) is 30.3 Å². The first-order chi connectivity index (χ1) is 13.9. The predicted octanol–water partition coefficient (Wildman–Crippen LogP) is 0.742. The van der Waals surface area contributed by atoms with Gasteiger partial charge in [0.2, 0.25) is 0 Å². The van der Waals surface area contributed by atoms with Gasteiger partial charge in [0, 0.05) is 33.9 Å². The zero-order valence-electron chi connectivity index (χ0n) is 16.9. The Kier molecular flexibility index (Phi) is 6.00. The molecule has 0 unspecified atom stereocenters. The molecule has 2 heterocycles. The van der Waals surface area contributed by atoms with Crippen molar-refractivity contribution in [2.75, 3.05) is 27.4 Å². The summed E-state index contributed by atoms with van der Waals surface area (Å²) < 4.78 is 9.92. The highest BCUT2D eigenvalue weighted by Crippen LogP contribution is 2.27. The minimum Gasteiger partial charge on any atom is -0.370 e. The SMILES string of the molecule is CON(C)C(=O)COCCn1cc2c(c1-c1ccccc1)c(=O)n(C)c(=O)n2C. The molecule has 0 spiro atoms. The topological polar surface area (TPSA) is 87.7 Å². The maximum Gasteiger partial charge on any atom is 0.330 e. The lowest BCUT2D eigenvalue weighted by atomic mass is 10.1. The normalized spacial score (nSPS) is 11.2. The average Bonchev–Trinajstić information content (AvgIpc) is 3.13. The number of aryl methyl sites for hydroxylation is 1. The van der Waals surface area contributed by atoms with Crippen LogP contribution in [0.5, 0.6) is 0 Å². The number of ether oxygens (including phenoxy) is 1.